The molecule has 1 heterocycles. The Balaban J connectivity index is 1.92. The van der Waals surface area contributed by atoms with Crippen LogP contribution in [0.2, 0.25) is 0 Å². The van der Waals surface area contributed by atoms with Crippen LogP contribution < -0.4 is 9.64 Å². The SMILES string of the molecule is COc1ccc(/C=C/C(=O)N2C(=O)CN(C)C(=O)c3ccccc32)cc1. The molecule has 26 heavy (non-hydrogen) atoms. The smallest absolute Gasteiger partial charge is 0.257 e. The number of fused-ring (bicyclic) bond motifs is 1. The van der Waals surface area contributed by atoms with Crippen LogP contribution in [0.3, 0.4) is 0 Å². The first-order valence-corrected chi connectivity index (χ1v) is 8.05. The van der Waals surface area contributed by atoms with Crippen LogP contribution in [-0.2, 0) is 9.59 Å². The Morgan fingerprint density at radius 1 is 1.08 bits per heavy atom. The van der Waals surface area contributed by atoms with Crippen LogP contribution in [-0.4, -0.2) is 43.3 Å². The van der Waals surface area contributed by atoms with E-state index in [0.29, 0.717) is 17.0 Å². The number of hydrogen-bond acceptors (Lipinski definition) is 4. The van der Waals surface area contributed by atoms with E-state index in [1.807, 2.05) is 0 Å². The van der Waals surface area contributed by atoms with E-state index in [-0.39, 0.29) is 12.5 Å². The number of nitrogens with zero attached hydrogens (tertiary/aromatic N) is 2. The van der Waals surface area contributed by atoms with Gasteiger partial charge in [0, 0.05) is 13.1 Å². The van der Waals surface area contributed by atoms with Crippen LogP contribution in [0.15, 0.2) is 54.6 Å². The third-order valence-corrected chi connectivity index (χ3v) is 4.10. The maximum atomic E-state index is 12.7. The second-order valence-electron chi connectivity index (χ2n) is 5.85. The highest BCUT2D eigenvalue weighted by Crippen LogP contribution is 2.25. The van der Waals surface area contributed by atoms with E-state index in [9.17, 15) is 14.4 Å². The van der Waals surface area contributed by atoms with Gasteiger partial charge in [-0.1, -0.05) is 24.3 Å². The Labute approximate surface area is 151 Å². The quantitative estimate of drug-likeness (QED) is 0.797. The first kappa shape index (κ1) is 17.4. The molecule has 2 aromatic rings. The van der Waals surface area contributed by atoms with Gasteiger partial charge in [-0.25, -0.2) is 4.90 Å². The van der Waals surface area contributed by atoms with Gasteiger partial charge in [-0.05, 0) is 35.9 Å². The van der Waals surface area contributed by atoms with Crippen LogP contribution in [0.1, 0.15) is 15.9 Å². The van der Waals surface area contributed by atoms with E-state index in [1.165, 1.54) is 18.0 Å². The van der Waals surface area contributed by atoms with Crippen molar-refractivity contribution in [3.05, 3.63) is 65.7 Å². The summed E-state index contributed by atoms with van der Waals surface area (Å²) in [5, 5.41) is 0. The number of carbonyl (C=O) groups is 3. The molecule has 1 aliphatic heterocycles. The zero-order valence-corrected chi connectivity index (χ0v) is 14.5. The Hall–Kier alpha value is -3.41. The molecule has 1 aliphatic rings. The normalized spacial score (nSPS) is 14.4. The number of carbonyl (C=O) groups excluding carboxylic acids is 3. The molecule has 0 radical (unpaired) electrons. The number of para-hydroxylation sites is 1. The predicted octanol–water partition coefficient (Wildman–Crippen LogP) is 2.35. The molecule has 2 aromatic carbocycles. The fourth-order valence-corrected chi connectivity index (χ4v) is 2.73. The molecular weight excluding hydrogens is 332 g/mol. The molecule has 6 heteroatoms. The van der Waals surface area contributed by atoms with Crippen LogP contribution in [0.5, 0.6) is 5.75 Å². The number of rotatable bonds is 3. The van der Waals surface area contributed by atoms with E-state index < -0.39 is 11.8 Å². The summed E-state index contributed by atoms with van der Waals surface area (Å²) in [6.07, 6.45) is 2.94. The van der Waals surface area contributed by atoms with Crippen molar-refractivity contribution < 1.29 is 19.1 Å². The van der Waals surface area contributed by atoms with Gasteiger partial charge in [-0.3, -0.25) is 14.4 Å². The van der Waals surface area contributed by atoms with Crippen molar-refractivity contribution in [3.63, 3.8) is 0 Å². The fraction of sp³-hybridized carbons (Fsp3) is 0.150. The van der Waals surface area contributed by atoms with Gasteiger partial charge >= 0.3 is 0 Å². The second-order valence-corrected chi connectivity index (χ2v) is 5.85. The molecule has 0 saturated carbocycles. The molecular formula is C20H18N2O4. The van der Waals surface area contributed by atoms with Crippen molar-refractivity contribution in [1.82, 2.24) is 4.90 Å². The lowest BCUT2D eigenvalue weighted by atomic mass is 10.1. The minimum Gasteiger partial charge on any atom is -0.497 e. The first-order valence-electron chi connectivity index (χ1n) is 8.05. The summed E-state index contributed by atoms with van der Waals surface area (Å²) in [5.41, 5.74) is 1.42. The topological polar surface area (TPSA) is 66.9 Å². The zero-order valence-electron chi connectivity index (χ0n) is 14.5. The molecule has 0 spiro atoms. The summed E-state index contributed by atoms with van der Waals surface area (Å²) in [6.45, 7) is -0.157. The summed E-state index contributed by atoms with van der Waals surface area (Å²) in [6, 6.07) is 13.8. The molecule has 0 atom stereocenters. The lowest BCUT2D eigenvalue weighted by molar-refractivity contribution is -0.124. The summed E-state index contributed by atoms with van der Waals surface area (Å²) in [4.78, 5) is 40.0. The number of imide groups is 1. The van der Waals surface area contributed by atoms with E-state index in [1.54, 1.807) is 61.7 Å². The van der Waals surface area contributed by atoms with Crippen molar-refractivity contribution in [2.45, 2.75) is 0 Å². The number of benzene rings is 2. The molecule has 0 unspecified atom stereocenters. The van der Waals surface area contributed by atoms with E-state index >= 15 is 0 Å². The van der Waals surface area contributed by atoms with Gasteiger partial charge in [0.1, 0.15) is 12.3 Å². The maximum Gasteiger partial charge on any atom is 0.257 e. The zero-order chi connectivity index (χ0) is 18.7. The molecule has 6 nitrogen and oxygen atoms in total. The first-order chi connectivity index (χ1) is 12.5. The minimum absolute atomic E-state index is 0.157. The Kier molecular flexibility index (Phi) is 4.84. The van der Waals surface area contributed by atoms with Gasteiger partial charge < -0.3 is 9.64 Å². The molecule has 0 bridgehead atoms. The number of hydrogen-bond donors (Lipinski definition) is 0. The third-order valence-electron chi connectivity index (χ3n) is 4.10. The minimum atomic E-state index is -0.499. The number of anilines is 1. The van der Waals surface area contributed by atoms with Crippen molar-refractivity contribution in [2.75, 3.05) is 25.6 Å². The molecule has 0 aliphatic carbocycles. The van der Waals surface area contributed by atoms with Gasteiger partial charge in [0.05, 0.1) is 18.4 Å². The lowest BCUT2D eigenvalue weighted by Gasteiger charge is -2.18. The second kappa shape index (κ2) is 7.23. The van der Waals surface area contributed by atoms with Gasteiger partial charge in [-0.2, -0.15) is 0 Å². The Morgan fingerprint density at radius 2 is 1.77 bits per heavy atom. The summed E-state index contributed by atoms with van der Waals surface area (Å²) in [5.74, 6) is -0.522. The largest absolute Gasteiger partial charge is 0.497 e. The summed E-state index contributed by atoms with van der Waals surface area (Å²) >= 11 is 0. The Morgan fingerprint density at radius 3 is 2.46 bits per heavy atom. The Bertz CT molecular complexity index is 887. The van der Waals surface area contributed by atoms with Crippen LogP contribution >= 0.6 is 0 Å². The fourth-order valence-electron chi connectivity index (χ4n) is 2.73. The highest BCUT2D eigenvalue weighted by Gasteiger charge is 2.32. The van der Waals surface area contributed by atoms with Crippen LogP contribution in [0.25, 0.3) is 6.08 Å². The van der Waals surface area contributed by atoms with Crippen molar-refractivity contribution in [3.8, 4) is 5.75 Å². The molecule has 3 amide bonds. The van der Waals surface area contributed by atoms with E-state index in [4.69, 9.17) is 4.74 Å². The van der Waals surface area contributed by atoms with Crippen LogP contribution in [0.4, 0.5) is 5.69 Å². The summed E-state index contributed by atoms with van der Waals surface area (Å²) in [7, 11) is 3.12. The predicted molar refractivity (Wildman–Crippen MR) is 97.9 cm³/mol. The van der Waals surface area contributed by atoms with Gasteiger partial charge in [0.2, 0.25) is 0 Å². The van der Waals surface area contributed by atoms with Crippen molar-refractivity contribution in [2.24, 2.45) is 0 Å². The molecule has 132 valence electrons. The van der Waals surface area contributed by atoms with Crippen molar-refractivity contribution >= 4 is 29.5 Å². The molecule has 0 saturated heterocycles. The molecule has 0 fully saturated rings. The van der Waals surface area contributed by atoms with Gasteiger partial charge in [-0.15, -0.1) is 0 Å². The number of likely N-dealkylation sites (N-methyl/N-ethyl adjacent to an activating group) is 1. The summed E-state index contributed by atoms with van der Waals surface area (Å²) < 4.78 is 5.10. The number of methoxy groups -OCH3 is 1. The molecule has 0 N–H and O–H groups in total. The average Bonchev–Trinajstić information content (AvgIpc) is 2.75. The maximum absolute atomic E-state index is 12.7. The molecule has 3 rings (SSSR count). The van der Waals surface area contributed by atoms with Gasteiger partial charge in [0.15, 0.2) is 0 Å². The lowest BCUT2D eigenvalue weighted by Crippen LogP contribution is -2.40. The monoisotopic (exact) mass is 350 g/mol. The standard InChI is InChI=1S/C20H18N2O4/c1-21-13-19(24)22(17-6-4-3-5-16(17)20(21)25)18(23)12-9-14-7-10-15(26-2)11-8-14/h3-12H,13H2,1-2H3/b12-9+. The number of ether oxygens (including phenoxy) is 1. The van der Waals surface area contributed by atoms with E-state index in [0.717, 1.165) is 10.5 Å². The van der Waals surface area contributed by atoms with Crippen LogP contribution in [0, 0.1) is 0 Å². The highest BCUT2D eigenvalue weighted by atomic mass is 16.5. The van der Waals surface area contributed by atoms with E-state index in [2.05, 4.69) is 0 Å². The number of amides is 3. The third kappa shape index (κ3) is 3.35. The van der Waals surface area contributed by atoms with Crippen molar-refractivity contribution in [1.29, 1.82) is 0 Å². The highest BCUT2D eigenvalue weighted by molar-refractivity contribution is 6.24. The average molecular weight is 350 g/mol. The van der Waals surface area contributed by atoms with Gasteiger partial charge in [0.25, 0.3) is 17.7 Å². The molecule has 0 aromatic heterocycles.